The van der Waals surface area contributed by atoms with Gasteiger partial charge in [-0.1, -0.05) is 22.8 Å². The molecule has 3 rings (SSSR count). The molecule has 1 N–H and O–H groups in total. The molecule has 0 aliphatic heterocycles. The van der Waals surface area contributed by atoms with E-state index in [1.54, 1.807) is 13.1 Å². The topological polar surface area (TPSA) is 117 Å². The predicted octanol–water partition coefficient (Wildman–Crippen LogP) is 2.59. The number of benzene rings is 1. The molecule has 2 aromatic heterocycles. The van der Waals surface area contributed by atoms with Gasteiger partial charge in [0.05, 0.1) is 29.8 Å². The lowest BCUT2D eigenvalue weighted by molar-refractivity contribution is -0.392. The lowest BCUT2D eigenvalue weighted by Gasteiger charge is -2.09. The minimum absolute atomic E-state index is 0.184. The van der Waals surface area contributed by atoms with Crippen molar-refractivity contribution in [2.75, 3.05) is 5.32 Å². The van der Waals surface area contributed by atoms with Crippen molar-refractivity contribution in [3.05, 3.63) is 63.6 Å². The molecule has 3 aromatic rings. The maximum atomic E-state index is 12.2. The molecule has 28 heavy (non-hydrogen) atoms. The van der Waals surface area contributed by atoms with Crippen LogP contribution in [0.5, 0.6) is 5.75 Å². The lowest BCUT2D eigenvalue weighted by Crippen LogP contribution is -2.20. The van der Waals surface area contributed by atoms with Crippen molar-refractivity contribution in [3.63, 3.8) is 0 Å². The molecule has 2 heterocycles. The predicted molar refractivity (Wildman–Crippen MR) is 101 cm³/mol. The van der Waals surface area contributed by atoms with E-state index in [1.165, 1.54) is 16.9 Å². The number of ether oxygens (including phenoxy) is 1. The fraction of sp³-hybridized carbons (Fsp3) is 0.278. The summed E-state index contributed by atoms with van der Waals surface area (Å²) in [6.45, 7) is 5.52. The van der Waals surface area contributed by atoms with Crippen LogP contribution in [0.3, 0.4) is 0 Å². The van der Waals surface area contributed by atoms with Crippen molar-refractivity contribution in [2.24, 2.45) is 0 Å². The zero-order chi connectivity index (χ0) is 20.3. The highest BCUT2D eigenvalue weighted by atomic mass is 16.6. The molecule has 0 fully saturated rings. The summed E-state index contributed by atoms with van der Waals surface area (Å²) in [4.78, 5) is 22.6. The summed E-state index contributed by atoms with van der Waals surface area (Å²) in [6.07, 6.45) is 3.09. The fourth-order valence-electron chi connectivity index (χ4n) is 2.73. The largest absolute Gasteiger partial charge is 0.471 e. The van der Waals surface area contributed by atoms with Crippen LogP contribution in [0.25, 0.3) is 0 Å². The molecule has 146 valence electrons. The number of carbonyl (C=O) groups is 1. The summed E-state index contributed by atoms with van der Waals surface area (Å²) in [5.41, 5.74) is 3.11. The van der Waals surface area contributed by atoms with E-state index in [2.05, 4.69) is 15.5 Å². The van der Waals surface area contributed by atoms with Crippen LogP contribution >= 0.6 is 0 Å². The Balaban J connectivity index is 1.58. The lowest BCUT2D eigenvalue weighted by atomic mass is 10.1. The third-order valence-corrected chi connectivity index (χ3v) is 3.96. The number of carbonyl (C=O) groups excluding carboxylic acids is 1. The average molecular weight is 384 g/mol. The van der Waals surface area contributed by atoms with Gasteiger partial charge in [-0.05, 0) is 37.3 Å². The molecule has 0 atom stereocenters. The molecule has 0 bridgehead atoms. The Labute approximate surface area is 160 Å². The first kappa shape index (κ1) is 19.1. The second-order valence-electron chi connectivity index (χ2n) is 6.42. The van der Waals surface area contributed by atoms with Gasteiger partial charge in [-0.3, -0.25) is 4.79 Å². The molecule has 0 saturated carbocycles. The van der Waals surface area contributed by atoms with Gasteiger partial charge in [-0.25, -0.2) is 4.68 Å². The summed E-state index contributed by atoms with van der Waals surface area (Å²) in [5, 5.41) is 21.7. The van der Waals surface area contributed by atoms with E-state index < -0.39 is 10.8 Å². The number of hydrogen-bond acceptors (Lipinski definition) is 6. The van der Waals surface area contributed by atoms with Crippen molar-refractivity contribution in [1.29, 1.82) is 0 Å². The van der Waals surface area contributed by atoms with Crippen molar-refractivity contribution >= 4 is 17.4 Å². The standard InChI is InChI=1S/C18H20N6O4/c1-12-4-5-16(13(2)6-12)28-11-22-9-15(8-19-22)20-17(25)10-23-18(24(26)27)7-14(3)21-23/h4-9H,10-11H2,1-3H3,(H,20,25). The molecule has 0 radical (unpaired) electrons. The average Bonchev–Trinajstić information content (AvgIpc) is 3.20. The van der Waals surface area contributed by atoms with Gasteiger partial charge in [0, 0.05) is 0 Å². The summed E-state index contributed by atoms with van der Waals surface area (Å²) in [5.74, 6) is 0.0827. The van der Waals surface area contributed by atoms with Crippen LogP contribution < -0.4 is 10.1 Å². The Hall–Kier alpha value is -3.69. The molecular weight excluding hydrogens is 364 g/mol. The minimum Gasteiger partial charge on any atom is -0.471 e. The van der Waals surface area contributed by atoms with Crippen LogP contribution in [-0.4, -0.2) is 30.4 Å². The van der Waals surface area contributed by atoms with Gasteiger partial charge in [-0.2, -0.15) is 5.10 Å². The number of hydrogen-bond donors (Lipinski definition) is 1. The van der Waals surface area contributed by atoms with E-state index in [1.807, 2.05) is 32.0 Å². The normalized spacial score (nSPS) is 10.7. The van der Waals surface area contributed by atoms with E-state index in [4.69, 9.17) is 4.74 Å². The molecule has 0 aliphatic rings. The highest BCUT2D eigenvalue weighted by molar-refractivity contribution is 5.90. The van der Waals surface area contributed by atoms with Gasteiger partial charge >= 0.3 is 5.82 Å². The number of rotatable bonds is 7. The summed E-state index contributed by atoms with van der Waals surface area (Å²) in [6, 6.07) is 7.21. The highest BCUT2D eigenvalue weighted by Gasteiger charge is 2.19. The Morgan fingerprint density at radius 2 is 2.07 bits per heavy atom. The van der Waals surface area contributed by atoms with Gasteiger partial charge in [-0.15, -0.1) is 4.68 Å². The number of aryl methyl sites for hydroxylation is 3. The molecule has 1 aromatic carbocycles. The van der Waals surface area contributed by atoms with Crippen molar-refractivity contribution < 1.29 is 14.5 Å². The minimum atomic E-state index is -0.574. The molecule has 0 aliphatic carbocycles. The second kappa shape index (κ2) is 7.91. The third-order valence-electron chi connectivity index (χ3n) is 3.96. The maximum absolute atomic E-state index is 12.2. The van der Waals surface area contributed by atoms with E-state index in [9.17, 15) is 14.9 Å². The number of aromatic nitrogens is 4. The first-order chi connectivity index (χ1) is 13.3. The van der Waals surface area contributed by atoms with E-state index in [0.29, 0.717) is 11.4 Å². The highest BCUT2D eigenvalue weighted by Crippen LogP contribution is 2.19. The van der Waals surface area contributed by atoms with Gasteiger partial charge in [0.2, 0.25) is 0 Å². The van der Waals surface area contributed by atoms with Crippen LogP contribution in [0.4, 0.5) is 11.5 Å². The summed E-state index contributed by atoms with van der Waals surface area (Å²) in [7, 11) is 0. The molecule has 0 saturated heterocycles. The van der Waals surface area contributed by atoms with Crippen LogP contribution in [0.15, 0.2) is 36.7 Å². The first-order valence-corrected chi connectivity index (χ1v) is 8.53. The van der Waals surface area contributed by atoms with Crippen LogP contribution in [0.2, 0.25) is 0 Å². The number of nitrogens with one attached hydrogen (secondary N) is 1. The molecule has 10 heteroatoms. The van der Waals surface area contributed by atoms with Gasteiger partial charge < -0.3 is 20.2 Å². The van der Waals surface area contributed by atoms with Gasteiger partial charge in [0.15, 0.2) is 13.3 Å². The van der Waals surface area contributed by atoms with Crippen LogP contribution in [0, 0.1) is 30.9 Å². The van der Waals surface area contributed by atoms with Crippen molar-refractivity contribution in [3.8, 4) is 5.75 Å². The zero-order valence-electron chi connectivity index (χ0n) is 15.7. The van der Waals surface area contributed by atoms with Crippen LogP contribution in [0.1, 0.15) is 16.8 Å². The Morgan fingerprint density at radius 3 is 2.79 bits per heavy atom. The van der Waals surface area contributed by atoms with E-state index >= 15 is 0 Å². The van der Waals surface area contributed by atoms with E-state index in [0.717, 1.165) is 21.6 Å². The summed E-state index contributed by atoms with van der Waals surface area (Å²) >= 11 is 0. The number of nitro groups is 1. The molecule has 1 amide bonds. The maximum Gasteiger partial charge on any atom is 0.345 e. The number of anilines is 1. The molecular formula is C18H20N6O4. The zero-order valence-corrected chi connectivity index (χ0v) is 15.7. The SMILES string of the molecule is Cc1ccc(OCn2cc(NC(=O)Cn3nc(C)cc3[N+](=O)[O-])cn2)c(C)c1. The Morgan fingerprint density at radius 1 is 1.29 bits per heavy atom. The monoisotopic (exact) mass is 384 g/mol. The van der Waals surface area contributed by atoms with Gasteiger partial charge in [0.1, 0.15) is 5.75 Å². The quantitative estimate of drug-likeness (QED) is 0.494. The fourth-order valence-corrected chi connectivity index (χ4v) is 2.73. The summed E-state index contributed by atoms with van der Waals surface area (Å²) < 4.78 is 8.33. The van der Waals surface area contributed by atoms with Gasteiger partial charge in [0.25, 0.3) is 5.91 Å². The van der Waals surface area contributed by atoms with E-state index in [-0.39, 0.29) is 19.1 Å². The molecule has 0 unspecified atom stereocenters. The first-order valence-electron chi connectivity index (χ1n) is 8.53. The second-order valence-corrected chi connectivity index (χ2v) is 6.42. The Bertz CT molecular complexity index is 1020. The van der Waals surface area contributed by atoms with Crippen LogP contribution in [-0.2, 0) is 18.1 Å². The Kier molecular flexibility index (Phi) is 5.39. The van der Waals surface area contributed by atoms with Crippen molar-refractivity contribution in [2.45, 2.75) is 34.0 Å². The van der Waals surface area contributed by atoms with Crippen molar-refractivity contribution in [1.82, 2.24) is 19.6 Å². The third kappa shape index (κ3) is 4.53. The molecule has 10 nitrogen and oxygen atoms in total. The number of amides is 1. The molecule has 0 spiro atoms. The number of nitrogens with zero attached hydrogens (tertiary/aromatic N) is 5. The smallest absolute Gasteiger partial charge is 0.345 e.